The number of hydrogen-bond acceptors (Lipinski definition) is 3. The lowest BCUT2D eigenvalue weighted by atomic mass is 9.43. The van der Waals surface area contributed by atoms with Crippen molar-refractivity contribution >= 4 is 5.78 Å². The van der Waals surface area contributed by atoms with Gasteiger partial charge in [-0.25, -0.2) is 0 Å². The van der Waals surface area contributed by atoms with Crippen LogP contribution < -0.4 is 9.47 Å². The van der Waals surface area contributed by atoms with Gasteiger partial charge in [0.2, 0.25) is 0 Å². The van der Waals surface area contributed by atoms with Crippen LogP contribution in [0.2, 0.25) is 0 Å². The van der Waals surface area contributed by atoms with E-state index in [0.29, 0.717) is 23.0 Å². The van der Waals surface area contributed by atoms with Crippen LogP contribution in [0.1, 0.15) is 93.6 Å². The van der Waals surface area contributed by atoms with Gasteiger partial charge >= 0.3 is 0 Å². The summed E-state index contributed by atoms with van der Waals surface area (Å²) in [5.41, 5.74) is 1.55. The normalized spacial score (nSPS) is 19.9. The van der Waals surface area contributed by atoms with Crippen molar-refractivity contribution in [2.75, 3.05) is 0 Å². The molecular weight excluding hydrogens is 408 g/mol. The molecule has 0 unspecified atom stereocenters. The predicted molar refractivity (Wildman–Crippen MR) is 143 cm³/mol. The SMILES string of the molecule is C.C.C.CC(C)Oc1ccc(C(=O)c2ccc(OC3C(C)(C)C(C(C)C)C3(C)C)cc2)cc1. The van der Waals surface area contributed by atoms with Crippen LogP contribution in [-0.2, 0) is 0 Å². The third-order valence-electron chi connectivity index (χ3n) is 6.48. The molecule has 0 aromatic heterocycles. The van der Waals surface area contributed by atoms with Gasteiger partial charge in [-0.1, -0.05) is 63.8 Å². The molecule has 0 spiro atoms. The summed E-state index contributed by atoms with van der Waals surface area (Å²) in [7, 11) is 0. The molecule has 0 heterocycles. The molecule has 1 aliphatic rings. The molecule has 0 saturated heterocycles. The molecule has 0 atom stereocenters. The number of rotatable bonds is 7. The van der Waals surface area contributed by atoms with Crippen molar-refractivity contribution in [2.24, 2.45) is 22.7 Å². The van der Waals surface area contributed by atoms with E-state index < -0.39 is 0 Å². The average molecular weight is 457 g/mol. The maximum Gasteiger partial charge on any atom is 0.193 e. The number of benzene rings is 2. The van der Waals surface area contributed by atoms with Crippen molar-refractivity contribution in [3.63, 3.8) is 0 Å². The Bertz CT molecular complexity index is 858. The Kier molecular flexibility index (Phi) is 10.4. The Balaban J connectivity index is 0.00000341. The molecule has 0 amide bonds. The zero-order valence-corrected chi connectivity index (χ0v) is 19.7. The van der Waals surface area contributed by atoms with E-state index in [1.54, 1.807) is 0 Å². The molecule has 3 rings (SSSR count). The van der Waals surface area contributed by atoms with Crippen LogP contribution in [0, 0.1) is 22.7 Å². The van der Waals surface area contributed by atoms with Crippen LogP contribution in [0.3, 0.4) is 0 Å². The first kappa shape index (κ1) is 30.7. The van der Waals surface area contributed by atoms with Gasteiger partial charge in [0, 0.05) is 22.0 Å². The van der Waals surface area contributed by atoms with Crippen molar-refractivity contribution in [3.05, 3.63) is 59.7 Å². The van der Waals surface area contributed by atoms with Crippen molar-refractivity contribution in [2.45, 2.75) is 89.9 Å². The first-order chi connectivity index (χ1) is 13.9. The Morgan fingerprint density at radius 3 is 1.48 bits per heavy atom. The van der Waals surface area contributed by atoms with E-state index in [1.807, 2.05) is 62.4 Å². The predicted octanol–water partition coefficient (Wildman–Crippen LogP) is 8.70. The summed E-state index contributed by atoms with van der Waals surface area (Å²) in [6.07, 6.45) is 0.257. The first-order valence-corrected chi connectivity index (χ1v) is 11.0. The highest BCUT2D eigenvalue weighted by Crippen LogP contribution is 2.62. The Labute approximate surface area is 203 Å². The molecule has 0 radical (unpaired) electrons. The van der Waals surface area contributed by atoms with E-state index in [9.17, 15) is 4.79 Å². The minimum atomic E-state index is 0. The van der Waals surface area contributed by atoms with Gasteiger partial charge < -0.3 is 9.47 Å². The lowest BCUT2D eigenvalue weighted by Crippen LogP contribution is -2.67. The number of ketones is 1. The summed E-state index contributed by atoms with van der Waals surface area (Å²) in [6, 6.07) is 14.9. The summed E-state index contributed by atoms with van der Waals surface area (Å²) >= 11 is 0. The van der Waals surface area contributed by atoms with Crippen LogP contribution in [0.25, 0.3) is 0 Å². The van der Waals surface area contributed by atoms with Gasteiger partial charge in [0.15, 0.2) is 5.78 Å². The van der Waals surface area contributed by atoms with Gasteiger partial charge in [-0.3, -0.25) is 4.79 Å². The third-order valence-corrected chi connectivity index (χ3v) is 6.48. The maximum atomic E-state index is 12.8. The second-order valence-electron chi connectivity index (χ2n) is 10.4. The fourth-order valence-corrected chi connectivity index (χ4v) is 6.11. The fraction of sp³-hybridized carbons (Fsp3) is 0.567. The highest BCUT2D eigenvalue weighted by Gasteiger charge is 2.63. The van der Waals surface area contributed by atoms with Gasteiger partial charge in [0.25, 0.3) is 0 Å². The molecule has 33 heavy (non-hydrogen) atoms. The Hall–Kier alpha value is -2.29. The van der Waals surface area contributed by atoms with Crippen LogP contribution in [0.5, 0.6) is 11.5 Å². The third kappa shape index (κ3) is 5.99. The van der Waals surface area contributed by atoms with Crippen LogP contribution in [0.4, 0.5) is 0 Å². The van der Waals surface area contributed by atoms with E-state index in [-0.39, 0.29) is 51.1 Å². The van der Waals surface area contributed by atoms with Gasteiger partial charge in [-0.2, -0.15) is 0 Å². The molecule has 1 fully saturated rings. The number of ether oxygens (including phenoxy) is 2. The standard InChI is InChI=1S/C27H36O3.3CH4/c1-17(2)24-26(5,6)25(27(24,7)8)30-22-15-11-20(12-16-22)23(28)19-9-13-21(14-10-19)29-18(3)4;;;/h9-18,24-25H,1-8H3;3*1H4. The monoisotopic (exact) mass is 456 g/mol. The Morgan fingerprint density at radius 1 is 0.727 bits per heavy atom. The quantitative estimate of drug-likeness (QED) is 0.391. The van der Waals surface area contributed by atoms with E-state index in [2.05, 4.69) is 41.5 Å². The molecule has 0 N–H and O–H groups in total. The lowest BCUT2D eigenvalue weighted by molar-refractivity contribution is -0.214. The fourth-order valence-electron chi connectivity index (χ4n) is 6.11. The van der Waals surface area contributed by atoms with Gasteiger partial charge in [0.05, 0.1) is 6.10 Å². The van der Waals surface area contributed by atoms with Crippen LogP contribution in [-0.4, -0.2) is 18.0 Å². The maximum absolute atomic E-state index is 12.8. The van der Waals surface area contributed by atoms with Crippen LogP contribution >= 0.6 is 0 Å². The van der Waals surface area contributed by atoms with E-state index in [1.165, 1.54) is 0 Å². The number of carbonyl (C=O) groups is 1. The minimum absolute atomic E-state index is 0. The van der Waals surface area contributed by atoms with Crippen molar-refractivity contribution in [1.29, 1.82) is 0 Å². The summed E-state index contributed by atoms with van der Waals surface area (Å²) in [4.78, 5) is 12.8. The van der Waals surface area contributed by atoms with E-state index in [0.717, 1.165) is 11.5 Å². The lowest BCUT2D eigenvalue weighted by Gasteiger charge is -2.65. The average Bonchev–Trinajstić information content (AvgIpc) is 2.65. The highest BCUT2D eigenvalue weighted by atomic mass is 16.5. The second kappa shape index (κ2) is 11.2. The molecule has 3 heteroatoms. The molecule has 1 saturated carbocycles. The van der Waals surface area contributed by atoms with Crippen molar-refractivity contribution < 1.29 is 14.3 Å². The molecule has 1 aliphatic carbocycles. The Morgan fingerprint density at radius 2 is 1.12 bits per heavy atom. The molecule has 2 aromatic rings. The van der Waals surface area contributed by atoms with E-state index in [4.69, 9.17) is 9.47 Å². The zero-order chi connectivity index (χ0) is 22.3. The van der Waals surface area contributed by atoms with E-state index >= 15 is 0 Å². The largest absolute Gasteiger partial charge is 0.491 e. The number of hydrogen-bond donors (Lipinski definition) is 0. The second-order valence-corrected chi connectivity index (χ2v) is 10.4. The van der Waals surface area contributed by atoms with Crippen molar-refractivity contribution in [3.8, 4) is 11.5 Å². The van der Waals surface area contributed by atoms with Gasteiger partial charge in [-0.15, -0.1) is 0 Å². The first-order valence-electron chi connectivity index (χ1n) is 11.0. The van der Waals surface area contributed by atoms with Gasteiger partial charge in [-0.05, 0) is 74.2 Å². The smallest absolute Gasteiger partial charge is 0.193 e. The topological polar surface area (TPSA) is 35.5 Å². The van der Waals surface area contributed by atoms with Gasteiger partial charge in [0.1, 0.15) is 17.6 Å². The van der Waals surface area contributed by atoms with Crippen LogP contribution in [0.15, 0.2) is 48.5 Å². The summed E-state index contributed by atoms with van der Waals surface area (Å²) in [5.74, 6) is 2.82. The molecule has 0 aliphatic heterocycles. The zero-order valence-electron chi connectivity index (χ0n) is 19.7. The number of carbonyl (C=O) groups excluding carboxylic acids is 1. The van der Waals surface area contributed by atoms with Crippen molar-refractivity contribution in [1.82, 2.24) is 0 Å². The summed E-state index contributed by atoms with van der Waals surface area (Å²) in [5, 5.41) is 0. The highest BCUT2D eigenvalue weighted by molar-refractivity contribution is 6.09. The minimum Gasteiger partial charge on any atom is -0.491 e. The molecule has 186 valence electrons. The molecule has 3 nitrogen and oxygen atoms in total. The summed E-state index contributed by atoms with van der Waals surface area (Å²) < 4.78 is 12.1. The molecule has 0 bridgehead atoms. The molecular formula is C30H48O3. The molecule has 2 aromatic carbocycles. The summed E-state index contributed by atoms with van der Waals surface area (Å²) in [6.45, 7) is 17.8.